The molecule has 1 aromatic rings. The molecular formula is C15H24N2O2S. The zero-order valence-corrected chi connectivity index (χ0v) is 13.0. The molecule has 1 fully saturated rings. The van der Waals surface area contributed by atoms with Crippen molar-refractivity contribution in [3.05, 3.63) is 35.4 Å². The van der Waals surface area contributed by atoms with Crippen molar-refractivity contribution < 1.29 is 8.42 Å². The molecule has 4 nitrogen and oxygen atoms in total. The number of benzene rings is 1. The monoisotopic (exact) mass is 296 g/mol. The number of hydrogen-bond acceptors (Lipinski definition) is 3. The van der Waals surface area contributed by atoms with Gasteiger partial charge < -0.3 is 5.32 Å². The molecule has 0 radical (unpaired) electrons. The number of aryl methyl sites for hydroxylation is 1. The molecule has 0 amide bonds. The van der Waals surface area contributed by atoms with Crippen molar-refractivity contribution in [1.29, 1.82) is 0 Å². The summed E-state index contributed by atoms with van der Waals surface area (Å²) < 4.78 is 26.9. The van der Waals surface area contributed by atoms with Crippen molar-refractivity contribution in [2.45, 2.75) is 50.9 Å². The van der Waals surface area contributed by atoms with Crippen LogP contribution in [0.5, 0.6) is 0 Å². The average molecular weight is 296 g/mol. The summed E-state index contributed by atoms with van der Waals surface area (Å²) in [5.41, 5.74) is 2.26. The lowest BCUT2D eigenvalue weighted by Gasteiger charge is -2.14. The summed E-state index contributed by atoms with van der Waals surface area (Å²) in [6.45, 7) is 4.74. The highest BCUT2D eigenvalue weighted by molar-refractivity contribution is 7.90. The molecule has 20 heavy (non-hydrogen) atoms. The van der Waals surface area contributed by atoms with Gasteiger partial charge in [-0.3, -0.25) is 0 Å². The van der Waals surface area contributed by atoms with Gasteiger partial charge in [-0.05, 0) is 37.3 Å². The smallest absolute Gasteiger partial charge is 0.215 e. The van der Waals surface area contributed by atoms with Crippen molar-refractivity contribution >= 4 is 10.0 Å². The minimum atomic E-state index is -3.25. The Morgan fingerprint density at radius 3 is 2.35 bits per heavy atom. The maximum Gasteiger partial charge on any atom is 0.215 e. The summed E-state index contributed by atoms with van der Waals surface area (Å²) in [6, 6.07) is 8.58. The Kier molecular flexibility index (Phi) is 5.18. The summed E-state index contributed by atoms with van der Waals surface area (Å²) in [6.07, 6.45) is 3.34. The summed E-state index contributed by atoms with van der Waals surface area (Å²) in [7, 11) is -3.25. The molecule has 0 heterocycles. The van der Waals surface area contributed by atoms with Gasteiger partial charge in [0.05, 0.1) is 5.25 Å². The number of nitrogens with one attached hydrogen (secondary N) is 2. The molecule has 1 aromatic carbocycles. The minimum absolute atomic E-state index is 0.361. The predicted molar refractivity (Wildman–Crippen MR) is 82.1 cm³/mol. The molecule has 0 aliphatic heterocycles. The van der Waals surface area contributed by atoms with E-state index in [9.17, 15) is 8.42 Å². The van der Waals surface area contributed by atoms with E-state index < -0.39 is 15.3 Å². The lowest BCUT2D eigenvalue weighted by atomic mass is 10.1. The molecular weight excluding hydrogens is 272 g/mol. The van der Waals surface area contributed by atoms with Gasteiger partial charge in [-0.25, -0.2) is 13.1 Å². The Morgan fingerprint density at radius 2 is 1.80 bits per heavy atom. The Balaban J connectivity index is 1.83. The molecule has 0 bridgehead atoms. The first-order chi connectivity index (χ1) is 9.51. The molecule has 0 spiro atoms. The molecule has 1 unspecified atom stereocenters. The summed E-state index contributed by atoms with van der Waals surface area (Å²) in [5, 5.41) is 2.85. The quantitative estimate of drug-likeness (QED) is 0.769. The van der Waals surface area contributed by atoms with Gasteiger partial charge >= 0.3 is 0 Å². The fourth-order valence-electron chi connectivity index (χ4n) is 1.95. The van der Waals surface area contributed by atoms with Crippen molar-refractivity contribution in [2.75, 3.05) is 6.54 Å². The second-order valence-electron chi connectivity index (χ2n) is 5.53. The van der Waals surface area contributed by atoms with E-state index in [0.29, 0.717) is 19.1 Å². The average Bonchev–Trinajstić information content (AvgIpc) is 3.27. The fraction of sp³-hybridized carbons (Fsp3) is 0.600. The van der Waals surface area contributed by atoms with Gasteiger partial charge in [0.2, 0.25) is 10.0 Å². The van der Waals surface area contributed by atoms with Gasteiger partial charge in [0, 0.05) is 19.1 Å². The zero-order chi connectivity index (χ0) is 14.6. The van der Waals surface area contributed by atoms with Crippen molar-refractivity contribution in [3.63, 3.8) is 0 Å². The van der Waals surface area contributed by atoms with E-state index in [1.54, 1.807) is 6.92 Å². The van der Waals surface area contributed by atoms with Crippen LogP contribution in [0.4, 0.5) is 0 Å². The van der Waals surface area contributed by atoms with Crippen LogP contribution in [0.2, 0.25) is 0 Å². The van der Waals surface area contributed by atoms with Gasteiger partial charge in [0.25, 0.3) is 0 Å². The van der Waals surface area contributed by atoms with Crippen LogP contribution in [0, 0.1) is 0 Å². The van der Waals surface area contributed by atoms with E-state index in [0.717, 1.165) is 12.0 Å². The van der Waals surface area contributed by atoms with E-state index in [1.807, 2.05) is 24.3 Å². The van der Waals surface area contributed by atoms with Crippen LogP contribution in [0.3, 0.4) is 0 Å². The van der Waals surface area contributed by atoms with Crippen LogP contribution in [0.1, 0.15) is 37.8 Å². The largest absolute Gasteiger partial charge is 0.313 e. The van der Waals surface area contributed by atoms with Crippen LogP contribution in [0.25, 0.3) is 0 Å². The highest BCUT2D eigenvalue weighted by Crippen LogP contribution is 2.18. The molecule has 0 saturated heterocycles. The topological polar surface area (TPSA) is 58.2 Å². The molecule has 0 aromatic heterocycles. The first-order valence-electron chi connectivity index (χ1n) is 7.31. The Hall–Kier alpha value is -0.910. The molecule has 1 saturated carbocycles. The van der Waals surface area contributed by atoms with Crippen molar-refractivity contribution in [1.82, 2.24) is 10.0 Å². The minimum Gasteiger partial charge on any atom is -0.313 e. The molecule has 112 valence electrons. The van der Waals surface area contributed by atoms with E-state index >= 15 is 0 Å². The first kappa shape index (κ1) is 15.5. The second kappa shape index (κ2) is 6.70. The third-order valence-electron chi connectivity index (χ3n) is 3.71. The highest BCUT2D eigenvalue weighted by Gasteiger charge is 2.25. The Morgan fingerprint density at radius 1 is 1.20 bits per heavy atom. The van der Waals surface area contributed by atoms with Crippen molar-refractivity contribution in [3.8, 4) is 0 Å². The lowest BCUT2D eigenvalue weighted by Crippen LogP contribution is -2.39. The number of rotatable bonds is 8. The molecule has 5 heteroatoms. The van der Waals surface area contributed by atoms with Crippen LogP contribution in [-0.2, 0) is 23.0 Å². The molecule has 1 aliphatic carbocycles. The van der Waals surface area contributed by atoms with Crippen LogP contribution < -0.4 is 10.0 Å². The van der Waals surface area contributed by atoms with Crippen LogP contribution >= 0.6 is 0 Å². The summed E-state index contributed by atoms with van der Waals surface area (Å²) in [4.78, 5) is 0. The van der Waals surface area contributed by atoms with Crippen LogP contribution in [0.15, 0.2) is 24.3 Å². The fourth-order valence-corrected chi connectivity index (χ4v) is 2.92. The maximum atomic E-state index is 12.1. The van der Waals surface area contributed by atoms with E-state index in [1.165, 1.54) is 18.4 Å². The third kappa shape index (κ3) is 4.58. The SMILES string of the molecule is CCc1ccc(CNS(=O)(=O)C(C)CNC2CC2)cc1. The van der Waals surface area contributed by atoms with Gasteiger partial charge in [-0.1, -0.05) is 31.2 Å². The van der Waals surface area contributed by atoms with E-state index in [4.69, 9.17) is 0 Å². The lowest BCUT2D eigenvalue weighted by molar-refractivity contribution is 0.557. The highest BCUT2D eigenvalue weighted by atomic mass is 32.2. The number of hydrogen-bond donors (Lipinski definition) is 2. The molecule has 2 N–H and O–H groups in total. The molecule has 2 rings (SSSR count). The van der Waals surface area contributed by atoms with Crippen LogP contribution in [-0.4, -0.2) is 26.3 Å². The summed E-state index contributed by atoms with van der Waals surface area (Å²) in [5.74, 6) is 0. The summed E-state index contributed by atoms with van der Waals surface area (Å²) >= 11 is 0. The van der Waals surface area contributed by atoms with E-state index in [2.05, 4.69) is 17.0 Å². The standard InChI is InChI=1S/C15H24N2O2S/c1-3-13-4-6-14(7-5-13)11-17-20(18,19)12(2)10-16-15-8-9-15/h4-7,12,15-17H,3,8-11H2,1-2H3. The van der Waals surface area contributed by atoms with Gasteiger partial charge in [0.1, 0.15) is 0 Å². The predicted octanol–water partition coefficient (Wildman–Crippen LogP) is 1.81. The number of sulfonamides is 1. The first-order valence-corrected chi connectivity index (χ1v) is 8.85. The Bertz CT molecular complexity index is 521. The van der Waals surface area contributed by atoms with Gasteiger partial charge in [-0.15, -0.1) is 0 Å². The second-order valence-corrected chi connectivity index (χ2v) is 7.71. The molecule has 1 aliphatic rings. The normalized spacial score (nSPS) is 17.1. The van der Waals surface area contributed by atoms with Crippen molar-refractivity contribution in [2.24, 2.45) is 0 Å². The Labute approximate surface area is 122 Å². The maximum absolute atomic E-state index is 12.1. The van der Waals surface area contributed by atoms with Gasteiger partial charge in [0.15, 0.2) is 0 Å². The zero-order valence-electron chi connectivity index (χ0n) is 12.2. The van der Waals surface area contributed by atoms with Gasteiger partial charge in [-0.2, -0.15) is 0 Å². The third-order valence-corrected chi connectivity index (χ3v) is 5.48. The molecule has 1 atom stereocenters. The van der Waals surface area contributed by atoms with E-state index in [-0.39, 0.29) is 0 Å².